The second kappa shape index (κ2) is 5.40. The Morgan fingerprint density at radius 2 is 1.89 bits per heavy atom. The lowest BCUT2D eigenvalue weighted by atomic mass is 9.91. The molecule has 0 aliphatic carbocycles. The van der Waals surface area contributed by atoms with Gasteiger partial charge in [-0.1, -0.05) is 0 Å². The molecule has 102 valence electrons. The molecule has 1 rings (SSSR count). The molecular formula is C10H11N3O6. The summed E-state index contributed by atoms with van der Waals surface area (Å²) in [5.74, 6) is -2.63. The lowest BCUT2D eigenvalue weighted by Gasteiger charge is -2.16. The van der Waals surface area contributed by atoms with Gasteiger partial charge in [-0.2, -0.15) is 0 Å². The average Bonchev–Trinajstić information content (AvgIpc) is 2.27. The molecule has 0 radical (unpaired) electrons. The summed E-state index contributed by atoms with van der Waals surface area (Å²) in [6.07, 6.45) is 0. The number of benzene rings is 1. The minimum Gasteiger partial charge on any atom is -0.481 e. The average molecular weight is 269 g/mol. The van der Waals surface area contributed by atoms with Crippen molar-refractivity contribution < 1.29 is 19.7 Å². The molecule has 0 amide bonds. The van der Waals surface area contributed by atoms with Crippen molar-refractivity contribution in [2.24, 2.45) is 5.73 Å². The highest BCUT2D eigenvalue weighted by Crippen LogP contribution is 2.32. The number of carboxylic acid groups (broad SMARTS) is 1. The molecule has 1 aromatic carbocycles. The van der Waals surface area contributed by atoms with Crippen LogP contribution in [-0.4, -0.2) is 27.0 Å². The van der Waals surface area contributed by atoms with Gasteiger partial charge in [0.15, 0.2) is 0 Å². The standard InChI is InChI=1S/C10H11N3O6/c1-5(11)9(10(14)15)7-3-2-6(12(16)17)4-8(7)13(18)19/h2-5,9H,11H2,1H3,(H,14,15). The Bertz CT molecular complexity index is 542. The number of nitro benzene ring substituents is 2. The summed E-state index contributed by atoms with van der Waals surface area (Å²) in [6.45, 7) is 1.39. The van der Waals surface area contributed by atoms with E-state index in [2.05, 4.69) is 0 Å². The lowest BCUT2D eigenvalue weighted by molar-refractivity contribution is -0.394. The van der Waals surface area contributed by atoms with Crippen LogP contribution >= 0.6 is 0 Å². The molecule has 3 N–H and O–H groups in total. The molecule has 19 heavy (non-hydrogen) atoms. The van der Waals surface area contributed by atoms with Gasteiger partial charge in [0, 0.05) is 17.7 Å². The van der Waals surface area contributed by atoms with E-state index in [9.17, 15) is 25.0 Å². The fraction of sp³-hybridized carbons (Fsp3) is 0.300. The minimum atomic E-state index is -1.33. The fourth-order valence-corrected chi connectivity index (χ4v) is 1.71. The van der Waals surface area contributed by atoms with Gasteiger partial charge >= 0.3 is 5.97 Å². The number of rotatable bonds is 5. The Balaban J connectivity index is 3.46. The number of nitrogens with two attached hydrogens (primary N) is 1. The van der Waals surface area contributed by atoms with E-state index >= 15 is 0 Å². The van der Waals surface area contributed by atoms with Gasteiger partial charge in [-0.05, 0) is 13.0 Å². The number of non-ortho nitro benzene ring substituents is 1. The minimum absolute atomic E-state index is 0.155. The number of aliphatic carboxylic acids is 1. The Morgan fingerprint density at radius 1 is 1.32 bits per heavy atom. The molecule has 0 saturated heterocycles. The normalized spacial score (nSPS) is 13.6. The van der Waals surface area contributed by atoms with E-state index in [0.717, 1.165) is 18.2 Å². The predicted octanol–water partition coefficient (Wildman–Crippen LogP) is 1.02. The van der Waals surface area contributed by atoms with E-state index in [1.54, 1.807) is 0 Å². The van der Waals surface area contributed by atoms with E-state index in [0.29, 0.717) is 0 Å². The number of nitrogens with zero attached hydrogens (tertiary/aromatic N) is 2. The number of carboxylic acids is 1. The molecule has 0 heterocycles. The van der Waals surface area contributed by atoms with Crippen molar-refractivity contribution in [1.82, 2.24) is 0 Å². The largest absolute Gasteiger partial charge is 0.481 e. The van der Waals surface area contributed by atoms with Crippen molar-refractivity contribution in [3.05, 3.63) is 44.0 Å². The van der Waals surface area contributed by atoms with Gasteiger partial charge in [-0.25, -0.2) is 0 Å². The maximum atomic E-state index is 11.1. The van der Waals surface area contributed by atoms with Crippen molar-refractivity contribution in [3.63, 3.8) is 0 Å². The number of hydrogen-bond acceptors (Lipinski definition) is 6. The van der Waals surface area contributed by atoms with Gasteiger partial charge in [-0.15, -0.1) is 0 Å². The molecule has 0 bridgehead atoms. The third-order valence-electron chi connectivity index (χ3n) is 2.55. The van der Waals surface area contributed by atoms with Crippen LogP contribution in [0.15, 0.2) is 18.2 Å². The molecule has 2 atom stereocenters. The van der Waals surface area contributed by atoms with E-state index < -0.39 is 39.2 Å². The third kappa shape index (κ3) is 3.01. The van der Waals surface area contributed by atoms with Crippen LogP contribution in [0.1, 0.15) is 18.4 Å². The molecule has 0 aliphatic heterocycles. The van der Waals surface area contributed by atoms with Gasteiger partial charge in [0.2, 0.25) is 0 Å². The molecule has 9 nitrogen and oxygen atoms in total. The molecule has 0 aromatic heterocycles. The first-order valence-electron chi connectivity index (χ1n) is 5.16. The van der Waals surface area contributed by atoms with E-state index in [1.165, 1.54) is 6.92 Å². The van der Waals surface area contributed by atoms with Crippen LogP contribution in [0, 0.1) is 20.2 Å². The van der Waals surface area contributed by atoms with E-state index in [1.807, 2.05) is 0 Å². The highest BCUT2D eigenvalue weighted by atomic mass is 16.6. The third-order valence-corrected chi connectivity index (χ3v) is 2.55. The second-order valence-electron chi connectivity index (χ2n) is 3.93. The van der Waals surface area contributed by atoms with Crippen LogP contribution in [0.2, 0.25) is 0 Å². The van der Waals surface area contributed by atoms with Crippen LogP contribution < -0.4 is 5.73 Å². The second-order valence-corrected chi connectivity index (χ2v) is 3.93. The fourth-order valence-electron chi connectivity index (χ4n) is 1.71. The van der Waals surface area contributed by atoms with Crippen LogP contribution in [-0.2, 0) is 4.79 Å². The Hall–Kier alpha value is -2.55. The highest BCUT2D eigenvalue weighted by Gasteiger charge is 2.32. The van der Waals surface area contributed by atoms with Gasteiger partial charge in [0.25, 0.3) is 11.4 Å². The zero-order valence-electron chi connectivity index (χ0n) is 9.85. The summed E-state index contributed by atoms with van der Waals surface area (Å²) in [5.41, 5.74) is 4.24. The van der Waals surface area contributed by atoms with Crippen molar-refractivity contribution in [1.29, 1.82) is 0 Å². The Morgan fingerprint density at radius 3 is 2.26 bits per heavy atom. The Labute approximate surface area is 106 Å². The molecule has 2 unspecified atom stereocenters. The van der Waals surface area contributed by atoms with Crippen LogP contribution in [0.3, 0.4) is 0 Å². The summed E-state index contributed by atoms with van der Waals surface area (Å²) in [7, 11) is 0. The van der Waals surface area contributed by atoms with Gasteiger partial charge in [0.05, 0.1) is 15.9 Å². The zero-order valence-corrected chi connectivity index (χ0v) is 9.85. The van der Waals surface area contributed by atoms with Crippen molar-refractivity contribution in [3.8, 4) is 0 Å². The maximum Gasteiger partial charge on any atom is 0.312 e. The molecule has 0 saturated carbocycles. The molecule has 1 aromatic rings. The zero-order chi connectivity index (χ0) is 14.7. The number of carbonyl (C=O) groups is 1. The molecule has 0 fully saturated rings. The number of hydrogen-bond donors (Lipinski definition) is 2. The number of nitro groups is 2. The first-order valence-corrected chi connectivity index (χ1v) is 5.16. The van der Waals surface area contributed by atoms with E-state index in [-0.39, 0.29) is 5.56 Å². The first-order chi connectivity index (χ1) is 8.75. The summed E-state index contributed by atoms with van der Waals surface area (Å²) in [4.78, 5) is 30.9. The lowest BCUT2D eigenvalue weighted by Crippen LogP contribution is -2.31. The van der Waals surface area contributed by atoms with Crippen LogP contribution in [0.5, 0.6) is 0 Å². The highest BCUT2D eigenvalue weighted by molar-refractivity contribution is 5.79. The molecule has 9 heteroatoms. The first kappa shape index (κ1) is 14.5. The summed E-state index contributed by atoms with van der Waals surface area (Å²) < 4.78 is 0. The topological polar surface area (TPSA) is 150 Å². The predicted molar refractivity (Wildman–Crippen MR) is 63.8 cm³/mol. The smallest absolute Gasteiger partial charge is 0.312 e. The van der Waals surface area contributed by atoms with Crippen LogP contribution in [0.4, 0.5) is 11.4 Å². The maximum absolute atomic E-state index is 11.1. The summed E-state index contributed by atoms with van der Waals surface area (Å²) in [5, 5.41) is 30.5. The van der Waals surface area contributed by atoms with Gasteiger partial charge in [-0.3, -0.25) is 25.0 Å². The van der Waals surface area contributed by atoms with Crippen molar-refractivity contribution >= 4 is 17.3 Å². The summed E-state index contributed by atoms with van der Waals surface area (Å²) >= 11 is 0. The Kier molecular flexibility index (Phi) is 4.12. The summed E-state index contributed by atoms with van der Waals surface area (Å²) in [6, 6.07) is 1.92. The van der Waals surface area contributed by atoms with Crippen LogP contribution in [0.25, 0.3) is 0 Å². The molecular weight excluding hydrogens is 258 g/mol. The molecule has 0 aliphatic rings. The monoisotopic (exact) mass is 269 g/mol. The quantitative estimate of drug-likeness (QED) is 0.598. The van der Waals surface area contributed by atoms with Gasteiger partial charge in [0.1, 0.15) is 5.92 Å². The van der Waals surface area contributed by atoms with E-state index in [4.69, 9.17) is 10.8 Å². The van der Waals surface area contributed by atoms with Crippen molar-refractivity contribution in [2.75, 3.05) is 0 Å². The molecule has 0 spiro atoms. The van der Waals surface area contributed by atoms with Gasteiger partial charge < -0.3 is 10.8 Å². The SMILES string of the molecule is CC(N)C(C(=O)O)c1ccc([N+](=O)[O-])cc1[N+](=O)[O-]. The van der Waals surface area contributed by atoms with Crippen molar-refractivity contribution in [2.45, 2.75) is 18.9 Å².